The SMILES string of the molecule is Cc1cc(-c2noc(C3CCC(N)CC3)n2)ccc1F. The first-order valence-corrected chi connectivity index (χ1v) is 6.99. The van der Waals surface area contributed by atoms with Gasteiger partial charge in [0.25, 0.3) is 0 Å². The van der Waals surface area contributed by atoms with Gasteiger partial charge in [-0.2, -0.15) is 4.98 Å². The third kappa shape index (κ3) is 2.58. The molecule has 1 saturated carbocycles. The highest BCUT2D eigenvalue weighted by atomic mass is 19.1. The number of benzene rings is 1. The molecular weight excluding hydrogens is 257 g/mol. The lowest BCUT2D eigenvalue weighted by Crippen LogP contribution is -2.25. The highest BCUT2D eigenvalue weighted by molar-refractivity contribution is 5.55. The van der Waals surface area contributed by atoms with Crippen molar-refractivity contribution in [2.24, 2.45) is 5.73 Å². The summed E-state index contributed by atoms with van der Waals surface area (Å²) in [6, 6.07) is 5.14. The van der Waals surface area contributed by atoms with Gasteiger partial charge in [0.1, 0.15) is 5.82 Å². The van der Waals surface area contributed by atoms with Crippen molar-refractivity contribution in [1.82, 2.24) is 10.1 Å². The van der Waals surface area contributed by atoms with E-state index in [4.69, 9.17) is 10.3 Å². The predicted octanol–water partition coefficient (Wildman–Crippen LogP) is 3.17. The van der Waals surface area contributed by atoms with Crippen molar-refractivity contribution < 1.29 is 8.91 Å². The molecule has 0 amide bonds. The lowest BCUT2D eigenvalue weighted by Gasteiger charge is -2.22. The van der Waals surface area contributed by atoms with Crippen LogP contribution in [0.3, 0.4) is 0 Å². The van der Waals surface area contributed by atoms with Crippen LogP contribution in [0.5, 0.6) is 0 Å². The van der Waals surface area contributed by atoms with Crippen LogP contribution in [0.4, 0.5) is 4.39 Å². The van der Waals surface area contributed by atoms with Crippen LogP contribution in [0.2, 0.25) is 0 Å². The molecule has 0 aliphatic heterocycles. The summed E-state index contributed by atoms with van der Waals surface area (Å²) in [5.74, 6) is 1.28. The fourth-order valence-electron chi connectivity index (χ4n) is 2.67. The van der Waals surface area contributed by atoms with E-state index in [-0.39, 0.29) is 5.82 Å². The van der Waals surface area contributed by atoms with Crippen molar-refractivity contribution in [2.45, 2.75) is 44.6 Å². The Morgan fingerprint density at radius 3 is 2.70 bits per heavy atom. The van der Waals surface area contributed by atoms with Crippen molar-refractivity contribution in [1.29, 1.82) is 0 Å². The zero-order valence-corrected chi connectivity index (χ0v) is 11.5. The Kier molecular flexibility index (Phi) is 3.53. The second-order valence-corrected chi connectivity index (χ2v) is 5.53. The van der Waals surface area contributed by atoms with Crippen molar-refractivity contribution in [3.63, 3.8) is 0 Å². The normalized spacial score (nSPS) is 22.9. The lowest BCUT2D eigenvalue weighted by atomic mass is 9.86. The molecule has 1 fully saturated rings. The maximum absolute atomic E-state index is 13.3. The molecule has 106 valence electrons. The Hall–Kier alpha value is -1.75. The van der Waals surface area contributed by atoms with Gasteiger partial charge in [0.15, 0.2) is 0 Å². The van der Waals surface area contributed by atoms with E-state index in [0.717, 1.165) is 31.2 Å². The summed E-state index contributed by atoms with van der Waals surface area (Å²) < 4.78 is 18.6. The zero-order valence-electron chi connectivity index (χ0n) is 11.5. The van der Waals surface area contributed by atoms with E-state index in [1.165, 1.54) is 6.07 Å². The van der Waals surface area contributed by atoms with Crippen LogP contribution in [-0.2, 0) is 0 Å². The van der Waals surface area contributed by atoms with E-state index >= 15 is 0 Å². The Bertz CT molecular complexity index is 603. The van der Waals surface area contributed by atoms with Gasteiger partial charge >= 0.3 is 0 Å². The topological polar surface area (TPSA) is 64.9 Å². The molecule has 5 heteroatoms. The molecule has 1 aromatic carbocycles. The molecule has 3 rings (SSSR count). The quantitative estimate of drug-likeness (QED) is 0.914. The maximum atomic E-state index is 13.3. The highest BCUT2D eigenvalue weighted by Crippen LogP contribution is 2.32. The largest absolute Gasteiger partial charge is 0.339 e. The summed E-state index contributed by atoms with van der Waals surface area (Å²) in [6.07, 6.45) is 3.98. The van der Waals surface area contributed by atoms with Crippen LogP contribution >= 0.6 is 0 Å². The van der Waals surface area contributed by atoms with Crippen LogP contribution in [0.1, 0.15) is 43.1 Å². The average molecular weight is 275 g/mol. The summed E-state index contributed by atoms with van der Waals surface area (Å²) in [5.41, 5.74) is 7.26. The average Bonchev–Trinajstić information content (AvgIpc) is 2.92. The predicted molar refractivity (Wildman–Crippen MR) is 73.6 cm³/mol. The van der Waals surface area contributed by atoms with Crippen molar-refractivity contribution in [2.75, 3.05) is 0 Å². The van der Waals surface area contributed by atoms with Crippen LogP contribution in [0, 0.1) is 12.7 Å². The van der Waals surface area contributed by atoms with Crippen LogP contribution < -0.4 is 5.73 Å². The van der Waals surface area contributed by atoms with Crippen LogP contribution in [0.15, 0.2) is 22.7 Å². The van der Waals surface area contributed by atoms with E-state index in [0.29, 0.717) is 29.2 Å². The summed E-state index contributed by atoms with van der Waals surface area (Å²) in [6.45, 7) is 1.72. The monoisotopic (exact) mass is 275 g/mol. The van der Waals surface area contributed by atoms with E-state index < -0.39 is 0 Å². The Morgan fingerprint density at radius 1 is 1.25 bits per heavy atom. The number of nitrogens with zero attached hydrogens (tertiary/aromatic N) is 2. The Morgan fingerprint density at radius 2 is 2.00 bits per heavy atom. The third-order valence-electron chi connectivity index (χ3n) is 3.98. The fraction of sp³-hybridized carbons (Fsp3) is 0.467. The first-order valence-electron chi connectivity index (χ1n) is 6.99. The number of aryl methyl sites for hydroxylation is 1. The molecule has 20 heavy (non-hydrogen) atoms. The number of nitrogens with two attached hydrogens (primary N) is 1. The number of halogens is 1. The molecule has 0 bridgehead atoms. The molecule has 0 saturated heterocycles. The number of aromatic nitrogens is 2. The van der Waals surface area contributed by atoms with Gasteiger partial charge in [0, 0.05) is 17.5 Å². The van der Waals surface area contributed by atoms with Crippen molar-refractivity contribution >= 4 is 0 Å². The summed E-state index contributed by atoms with van der Waals surface area (Å²) in [7, 11) is 0. The summed E-state index contributed by atoms with van der Waals surface area (Å²) in [4.78, 5) is 4.46. The van der Waals surface area contributed by atoms with Crippen LogP contribution in [-0.4, -0.2) is 16.2 Å². The molecule has 0 spiro atoms. The van der Waals surface area contributed by atoms with E-state index in [2.05, 4.69) is 10.1 Å². The van der Waals surface area contributed by atoms with Gasteiger partial charge in [-0.25, -0.2) is 4.39 Å². The molecule has 2 aromatic rings. The molecule has 1 aliphatic rings. The maximum Gasteiger partial charge on any atom is 0.230 e. The van der Waals surface area contributed by atoms with Gasteiger partial charge in [-0.1, -0.05) is 5.16 Å². The summed E-state index contributed by atoms with van der Waals surface area (Å²) >= 11 is 0. The fourth-order valence-corrected chi connectivity index (χ4v) is 2.67. The van der Waals surface area contributed by atoms with Crippen molar-refractivity contribution in [3.05, 3.63) is 35.5 Å². The minimum atomic E-state index is -0.223. The molecule has 1 heterocycles. The minimum absolute atomic E-state index is 0.223. The smallest absolute Gasteiger partial charge is 0.230 e. The van der Waals surface area contributed by atoms with Gasteiger partial charge in [-0.3, -0.25) is 0 Å². The van der Waals surface area contributed by atoms with Gasteiger partial charge in [0.2, 0.25) is 11.7 Å². The van der Waals surface area contributed by atoms with Crippen molar-refractivity contribution in [3.8, 4) is 11.4 Å². The number of hydrogen-bond acceptors (Lipinski definition) is 4. The highest BCUT2D eigenvalue weighted by Gasteiger charge is 2.25. The lowest BCUT2D eigenvalue weighted by molar-refractivity contribution is 0.301. The second kappa shape index (κ2) is 5.32. The number of hydrogen-bond donors (Lipinski definition) is 1. The summed E-state index contributed by atoms with van der Waals surface area (Å²) in [5, 5.41) is 4.01. The third-order valence-corrected chi connectivity index (χ3v) is 3.98. The first-order chi connectivity index (χ1) is 9.63. The van der Waals surface area contributed by atoms with E-state index in [1.807, 2.05) is 0 Å². The molecule has 0 radical (unpaired) electrons. The number of rotatable bonds is 2. The van der Waals surface area contributed by atoms with E-state index in [1.54, 1.807) is 19.1 Å². The molecular formula is C15H18FN3O. The molecule has 1 aromatic heterocycles. The molecule has 4 nitrogen and oxygen atoms in total. The molecule has 0 unspecified atom stereocenters. The van der Waals surface area contributed by atoms with Gasteiger partial charge in [-0.15, -0.1) is 0 Å². The first kappa shape index (κ1) is 13.2. The zero-order chi connectivity index (χ0) is 14.1. The van der Waals surface area contributed by atoms with Crippen LogP contribution in [0.25, 0.3) is 11.4 Å². The molecule has 2 N–H and O–H groups in total. The minimum Gasteiger partial charge on any atom is -0.339 e. The Labute approximate surface area is 117 Å². The molecule has 1 aliphatic carbocycles. The Balaban J connectivity index is 1.81. The van der Waals surface area contributed by atoms with E-state index in [9.17, 15) is 4.39 Å². The van der Waals surface area contributed by atoms with Gasteiger partial charge < -0.3 is 10.3 Å². The van der Waals surface area contributed by atoms with Gasteiger partial charge in [-0.05, 0) is 56.4 Å². The molecule has 0 atom stereocenters. The second-order valence-electron chi connectivity index (χ2n) is 5.53. The standard InChI is InChI=1S/C15H18FN3O/c1-9-8-11(4-7-13(9)16)14-18-15(20-19-14)10-2-5-12(17)6-3-10/h4,7-8,10,12H,2-3,5-6,17H2,1H3. The van der Waals surface area contributed by atoms with Gasteiger partial charge in [0.05, 0.1) is 0 Å².